The van der Waals surface area contributed by atoms with Crippen molar-refractivity contribution in [2.75, 3.05) is 6.54 Å². The fraction of sp³-hybridized carbons (Fsp3) is 0.800. The second-order valence-corrected chi connectivity index (χ2v) is 5.18. The number of rotatable bonds is 0. The molecule has 0 N–H and O–H groups in total. The number of alkyl halides is 3. The van der Waals surface area contributed by atoms with Gasteiger partial charge in [0.25, 0.3) is 0 Å². The second kappa shape index (κ2) is 3.69. The van der Waals surface area contributed by atoms with E-state index in [9.17, 15) is 13.2 Å². The molecule has 0 fully saturated rings. The van der Waals surface area contributed by atoms with Crippen LogP contribution in [0.3, 0.4) is 0 Å². The first-order chi connectivity index (χ1) is 7.69. The molecule has 4 nitrogen and oxygen atoms in total. The Kier molecular flexibility index (Phi) is 2.68. The molecule has 17 heavy (non-hydrogen) atoms. The summed E-state index contributed by atoms with van der Waals surface area (Å²) in [5.74, 6) is -0.500. The van der Waals surface area contributed by atoms with Gasteiger partial charge in [-0.3, -0.25) is 4.90 Å². The Morgan fingerprint density at radius 1 is 1.06 bits per heavy atom. The first-order valence-electron chi connectivity index (χ1n) is 5.44. The third kappa shape index (κ3) is 2.29. The first kappa shape index (κ1) is 12.3. The summed E-state index contributed by atoms with van der Waals surface area (Å²) in [6.07, 6.45) is -4.42. The summed E-state index contributed by atoms with van der Waals surface area (Å²) in [5.41, 5.74) is -0.0738. The van der Waals surface area contributed by atoms with Gasteiger partial charge in [-0.15, -0.1) is 10.2 Å². The zero-order valence-corrected chi connectivity index (χ0v) is 10.0. The van der Waals surface area contributed by atoms with Crippen molar-refractivity contribution in [3.8, 4) is 0 Å². The molecule has 0 aromatic carbocycles. The lowest BCUT2D eigenvalue weighted by Gasteiger charge is -2.38. The van der Waals surface area contributed by atoms with E-state index >= 15 is 0 Å². The molecule has 0 spiro atoms. The minimum atomic E-state index is -4.42. The summed E-state index contributed by atoms with van der Waals surface area (Å²) in [7, 11) is 0. The van der Waals surface area contributed by atoms with Crippen molar-refractivity contribution >= 4 is 0 Å². The molecule has 0 bridgehead atoms. The summed E-state index contributed by atoms with van der Waals surface area (Å²) in [5, 5.41) is 6.89. The topological polar surface area (TPSA) is 34.0 Å². The Bertz CT molecular complexity index is 416. The second-order valence-electron chi connectivity index (χ2n) is 5.18. The molecule has 0 atom stereocenters. The van der Waals surface area contributed by atoms with E-state index in [4.69, 9.17) is 0 Å². The van der Waals surface area contributed by atoms with E-state index in [1.54, 1.807) is 0 Å². The van der Waals surface area contributed by atoms with Gasteiger partial charge in [-0.05, 0) is 20.8 Å². The number of nitrogens with zero attached hydrogens (tertiary/aromatic N) is 4. The van der Waals surface area contributed by atoms with Crippen LogP contribution in [0, 0.1) is 0 Å². The lowest BCUT2D eigenvalue weighted by atomic mass is 10.1. The Morgan fingerprint density at radius 2 is 1.71 bits per heavy atom. The summed E-state index contributed by atoms with van der Waals surface area (Å²) in [6, 6.07) is 0. The van der Waals surface area contributed by atoms with Crippen molar-refractivity contribution < 1.29 is 13.2 Å². The van der Waals surface area contributed by atoms with E-state index in [1.165, 1.54) is 4.57 Å². The average molecular weight is 248 g/mol. The molecule has 1 aromatic heterocycles. The predicted octanol–water partition coefficient (Wildman–Crippen LogP) is 1.91. The molecular formula is C10H15F3N4. The van der Waals surface area contributed by atoms with Crippen molar-refractivity contribution in [1.29, 1.82) is 0 Å². The monoisotopic (exact) mass is 248 g/mol. The van der Waals surface area contributed by atoms with Crippen LogP contribution in [0.25, 0.3) is 0 Å². The largest absolute Gasteiger partial charge is 0.451 e. The fourth-order valence-corrected chi connectivity index (χ4v) is 1.94. The van der Waals surface area contributed by atoms with Crippen molar-refractivity contribution in [3.63, 3.8) is 0 Å². The van der Waals surface area contributed by atoms with Gasteiger partial charge in [0.05, 0.1) is 6.54 Å². The predicted molar refractivity (Wildman–Crippen MR) is 55.2 cm³/mol. The average Bonchev–Trinajstić information content (AvgIpc) is 2.57. The highest BCUT2D eigenvalue weighted by Gasteiger charge is 2.40. The van der Waals surface area contributed by atoms with Gasteiger partial charge in [0.1, 0.15) is 5.82 Å². The van der Waals surface area contributed by atoms with Gasteiger partial charge >= 0.3 is 6.18 Å². The zero-order chi connectivity index (χ0) is 12.8. The molecule has 0 radical (unpaired) electrons. The summed E-state index contributed by atoms with van der Waals surface area (Å²) in [4.78, 5) is 2.09. The van der Waals surface area contributed by atoms with Gasteiger partial charge in [-0.25, -0.2) is 0 Å². The highest BCUT2D eigenvalue weighted by atomic mass is 19.4. The highest BCUT2D eigenvalue weighted by Crippen LogP contribution is 2.30. The van der Waals surface area contributed by atoms with Crippen molar-refractivity contribution in [2.45, 2.75) is 45.6 Å². The van der Waals surface area contributed by atoms with Gasteiger partial charge in [0.15, 0.2) is 0 Å². The number of hydrogen-bond acceptors (Lipinski definition) is 3. The number of aromatic nitrogens is 3. The SMILES string of the molecule is CC(C)(C)N1CCn2c(nnc2C(F)(F)F)C1. The molecule has 1 aliphatic heterocycles. The molecule has 0 amide bonds. The minimum absolute atomic E-state index is 0.0738. The maximum absolute atomic E-state index is 12.6. The van der Waals surface area contributed by atoms with E-state index in [0.29, 0.717) is 18.9 Å². The summed E-state index contributed by atoms with van der Waals surface area (Å²) in [6.45, 7) is 7.37. The van der Waals surface area contributed by atoms with Gasteiger partial charge in [-0.2, -0.15) is 13.2 Å². The van der Waals surface area contributed by atoms with Crippen LogP contribution in [-0.2, 0) is 19.3 Å². The van der Waals surface area contributed by atoms with Crippen LogP contribution in [0.4, 0.5) is 13.2 Å². The lowest BCUT2D eigenvalue weighted by Crippen LogP contribution is -2.46. The minimum Gasteiger partial charge on any atom is -0.305 e. The van der Waals surface area contributed by atoms with E-state index < -0.39 is 12.0 Å². The lowest BCUT2D eigenvalue weighted by molar-refractivity contribution is -0.148. The van der Waals surface area contributed by atoms with Gasteiger partial charge in [-0.1, -0.05) is 0 Å². The number of hydrogen-bond donors (Lipinski definition) is 0. The Hall–Kier alpha value is -1.11. The summed E-state index contributed by atoms with van der Waals surface area (Å²) < 4.78 is 39.0. The third-order valence-electron chi connectivity index (χ3n) is 2.96. The number of fused-ring (bicyclic) bond motifs is 1. The molecule has 0 unspecified atom stereocenters. The first-order valence-corrected chi connectivity index (χ1v) is 5.44. The van der Waals surface area contributed by atoms with Crippen LogP contribution in [0.1, 0.15) is 32.4 Å². The van der Waals surface area contributed by atoms with Crippen LogP contribution >= 0.6 is 0 Å². The van der Waals surface area contributed by atoms with Gasteiger partial charge in [0.2, 0.25) is 5.82 Å². The molecule has 0 saturated carbocycles. The molecule has 1 aliphatic rings. The van der Waals surface area contributed by atoms with E-state index in [2.05, 4.69) is 15.1 Å². The van der Waals surface area contributed by atoms with Crippen LogP contribution in [-0.4, -0.2) is 31.7 Å². The summed E-state index contributed by atoms with van der Waals surface area (Å²) >= 11 is 0. The van der Waals surface area contributed by atoms with Gasteiger partial charge < -0.3 is 4.57 Å². The molecule has 1 aromatic rings. The molecule has 2 rings (SSSR count). The normalized spacial score (nSPS) is 18.2. The van der Waals surface area contributed by atoms with Crippen LogP contribution in [0.5, 0.6) is 0 Å². The Labute approximate surface area is 97.4 Å². The van der Waals surface area contributed by atoms with E-state index in [0.717, 1.165) is 0 Å². The van der Waals surface area contributed by atoms with Crippen molar-refractivity contribution in [3.05, 3.63) is 11.6 Å². The smallest absolute Gasteiger partial charge is 0.305 e. The zero-order valence-electron chi connectivity index (χ0n) is 10.0. The van der Waals surface area contributed by atoms with Crippen molar-refractivity contribution in [2.24, 2.45) is 0 Å². The number of halogens is 3. The molecule has 0 aliphatic carbocycles. The van der Waals surface area contributed by atoms with E-state index in [-0.39, 0.29) is 12.1 Å². The molecule has 2 heterocycles. The van der Waals surface area contributed by atoms with Crippen LogP contribution in [0.15, 0.2) is 0 Å². The quantitative estimate of drug-likeness (QED) is 0.703. The maximum Gasteiger partial charge on any atom is 0.451 e. The van der Waals surface area contributed by atoms with Crippen molar-refractivity contribution in [1.82, 2.24) is 19.7 Å². The molecular weight excluding hydrogens is 233 g/mol. The standard InChI is InChI=1S/C10H15F3N4/c1-9(2,3)16-4-5-17-7(6-16)14-15-8(17)10(11,12)13/h4-6H2,1-3H3. The molecule has 96 valence electrons. The van der Waals surface area contributed by atoms with Crippen LogP contribution in [0.2, 0.25) is 0 Å². The van der Waals surface area contributed by atoms with E-state index in [1.807, 2.05) is 20.8 Å². The fourth-order valence-electron chi connectivity index (χ4n) is 1.94. The third-order valence-corrected chi connectivity index (χ3v) is 2.96. The molecule has 0 saturated heterocycles. The Morgan fingerprint density at radius 3 is 2.24 bits per heavy atom. The Balaban J connectivity index is 2.28. The highest BCUT2D eigenvalue weighted by molar-refractivity contribution is 5.03. The maximum atomic E-state index is 12.6. The molecule has 7 heteroatoms. The van der Waals surface area contributed by atoms with Crippen LogP contribution < -0.4 is 0 Å². The van der Waals surface area contributed by atoms with Gasteiger partial charge in [0, 0.05) is 18.6 Å².